The van der Waals surface area contributed by atoms with E-state index in [1.54, 1.807) is 0 Å². The maximum Gasteiger partial charge on any atom is 0.0482 e. The van der Waals surface area contributed by atoms with Crippen LogP contribution in [-0.4, -0.2) is 24.5 Å². The Morgan fingerprint density at radius 2 is 1.79 bits per heavy atom. The van der Waals surface area contributed by atoms with E-state index >= 15 is 0 Å². The SMILES string of the molecule is NCC(c1cc(Cl)ccc1Br)N1CCCCCCC1. The molecule has 1 heterocycles. The van der Waals surface area contributed by atoms with E-state index < -0.39 is 0 Å². The molecular formula is C15H22BrClN2. The summed E-state index contributed by atoms with van der Waals surface area (Å²) in [6, 6.07) is 6.24. The van der Waals surface area contributed by atoms with Gasteiger partial charge in [-0.3, -0.25) is 4.90 Å². The van der Waals surface area contributed by atoms with E-state index in [1.807, 2.05) is 18.2 Å². The van der Waals surface area contributed by atoms with Crippen molar-refractivity contribution < 1.29 is 0 Å². The number of benzene rings is 1. The van der Waals surface area contributed by atoms with Gasteiger partial charge in [-0.15, -0.1) is 0 Å². The topological polar surface area (TPSA) is 29.3 Å². The van der Waals surface area contributed by atoms with Crippen LogP contribution >= 0.6 is 27.5 Å². The number of hydrogen-bond donors (Lipinski definition) is 1. The zero-order valence-corrected chi connectivity index (χ0v) is 13.6. The molecule has 2 rings (SSSR count). The zero-order valence-electron chi connectivity index (χ0n) is 11.2. The molecule has 106 valence electrons. The van der Waals surface area contributed by atoms with E-state index in [-0.39, 0.29) is 6.04 Å². The van der Waals surface area contributed by atoms with Gasteiger partial charge in [-0.2, -0.15) is 0 Å². The minimum absolute atomic E-state index is 0.270. The Balaban J connectivity index is 2.19. The molecule has 19 heavy (non-hydrogen) atoms. The van der Waals surface area contributed by atoms with E-state index in [9.17, 15) is 0 Å². The van der Waals surface area contributed by atoms with Crippen LogP contribution in [-0.2, 0) is 0 Å². The molecule has 2 N–H and O–H groups in total. The highest BCUT2D eigenvalue weighted by Crippen LogP contribution is 2.31. The maximum absolute atomic E-state index is 6.13. The molecule has 1 aromatic rings. The molecule has 0 aromatic heterocycles. The van der Waals surface area contributed by atoms with Crippen molar-refractivity contribution >= 4 is 27.5 Å². The lowest BCUT2D eigenvalue weighted by molar-refractivity contribution is 0.183. The van der Waals surface area contributed by atoms with Crippen LogP contribution in [0.25, 0.3) is 0 Å². The first-order valence-electron chi connectivity index (χ1n) is 7.11. The maximum atomic E-state index is 6.13. The summed E-state index contributed by atoms with van der Waals surface area (Å²) >= 11 is 9.77. The van der Waals surface area contributed by atoms with Gasteiger partial charge in [0.25, 0.3) is 0 Å². The molecule has 0 spiro atoms. The average molecular weight is 346 g/mol. The number of nitrogens with two attached hydrogens (primary N) is 1. The Kier molecular flexibility index (Phi) is 6.14. The Hall–Kier alpha value is -0.0900. The van der Waals surface area contributed by atoms with Crippen LogP contribution in [0.4, 0.5) is 0 Å². The van der Waals surface area contributed by atoms with E-state index in [1.165, 1.54) is 37.7 Å². The van der Waals surface area contributed by atoms with Gasteiger partial charge in [0.2, 0.25) is 0 Å². The normalized spacial score (nSPS) is 19.7. The highest BCUT2D eigenvalue weighted by Gasteiger charge is 2.21. The van der Waals surface area contributed by atoms with Crippen molar-refractivity contribution in [3.63, 3.8) is 0 Å². The van der Waals surface area contributed by atoms with Crippen LogP contribution in [0.15, 0.2) is 22.7 Å². The molecule has 2 nitrogen and oxygen atoms in total. The Morgan fingerprint density at radius 3 is 2.42 bits per heavy atom. The molecule has 0 amide bonds. The predicted molar refractivity (Wildman–Crippen MR) is 85.6 cm³/mol. The Bertz CT molecular complexity index is 403. The molecule has 1 aliphatic heterocycles. The Labute approximate surface area is 129 Å². The number of likely N-dealkylation sites (tertiary alicyclic amines) is 1. The summed E-state index contributed by atoms with van der Waals surface area (Å²) < 4.78 is 1.11. The molecule has 1 aliphatic rings. The second-order valence-electron chi connectivity index (χ2n) is 5.22. The summed E-state index contributed by atoms with van der Waals surface area (Å²) in [5, 5.41) is 0.781. The molecule has 0 aliphatic carbocycles. The lowest BCUT2D eigenvalue weighted by Gasteiger charge is -2.33. The van der Waals surface area contributed by atoms with Crippen LogP contribution in [0.5, 0.6) is 0 Å². The van der Waals surface area contributed by atoms with Gasteiger partial charge in [0.05, 0.1) is 0 Å². The average Bonchev–Trinajstić information content (AvgIpc) is 2.36. The minimum Gasteiger partial charge on any atom is -0.329 e. The number of rotatable bonds is 3. The number of halogens is 2. The molecule has 1 unspecified atom stereocenters. The van der Waals surface area contributed by atoms with Crippen molar-refractivity contribution in [1.82, 2.24) is 4.90 Å². The Morgan fingerprint density at radius 1 is 1.16 bits per heavy atom. The van der Waals surface area contributed by atoms with Gasteiger partial charge >= 0.3 is 0 Å². The number of hydrogen-bond acceptors (Lipinski definition) is 2. The summed E-state index contributed by atoms with van der Waals surface area (Å²) in [5.74, 6) is 0. The fourth-order valence-corrected chi connectivity index (χ4v) is 3.52. The lowest BCUT2D eigenvalue weighted by Crippen LogP contribution is -2.36. The van der Waals surface area contributed by atoms with Crippen molar-refractivity contribution in [2.75, 3.05) is 19.6 Å². The summed E-state index contributed by atoms with van der Waals surface area (Å²) in [6.45, 7) is 2.92. The zero-order chi connectivity index (χ0) is 13.7. The first kappa shape index (κ1) is 15.3. The van der Waals surface area contributed by atoms with Crippen LogP contribution in [0.3, 0.4) is 0 Å². The molecular weight excluding hydrogens is 324 g/mol. The molecule has 0 radical (unpaired) electrons. The van der Waals surface area contributed by atoms with Crippen molar-refractivity contribution in [3.8, 4) is 0 Å². The van der Waals surface area contributed by atoms with E-state index in [0.29, 0.717) is 6.54 Å². The molecule has 1 fully saturated rings. The highest BCUT2D eigenvalue weighted by atomic mass is 79.9. The van der Waals surface area contributed by atoms with Crippen LogP contribution in [0, 0.1) is 0 Å². The molecule has 1 saturated heterocycles. The third-order valence-electron chi connectivity index (χ3n) is 3.87. The van der Waals surface area contributed by atoms with Gasteiger partial charge in [0, 0.05) is 22.1 Å². The summed E-state index contributed by atoms with van der Waals surface area (Å²) in [7, 11) is 0. The molecule has 0 saturated carbocycles. The van der Waals surface area contributed by atoms with Crippen molar-refractivity contribution in [2.45, 2.75) is 38.1 Å². The third-order valence-corrected chi connectivity index (χ3v) is 4.83. The van der Waals surface area contributed by atoms with E-state index in [2.05, 4.69) is 20.8 Å². The van der Waals surface area contributed by atoms with Gasteiger partial charge in [0.15, 0.2) is 0 Å². The van der Waals surface area contributed by atoms with Gasteiger partial charge < -0.3 is 5.73 Å². The van der Waals surface area contributed by atoms with Crippen LogP contribution < -0.4 is 5.73 Å². The predicted octanol–water partition coefficient (Wildman–Crippen LogP) is 4.37. The molecule has 0 bridgehead atoms. The highest BCUT2D eigenvalue weighted by molar-refractivity contribution is 9.10. The largest absolute Gasteiger partial charge is 0.329 e. The van der Waals surface area contributed by atoms with Crippen molar-refractivity contribution in [3.05, 3.63) is 33.3 Å². The van der Waals surface area contributed by atoms with Gasteiger partial charge in [0.1, 0.15) is 0 Å². The monoisotopic (exact) mass is 344 g/mol. The lowest BCUT2D eigenvalue weighted by atomic mass is 10.0. The summed E-state index contributed by atoms with van der Waals surface area (Å²) in [4.78, 5) is 2.52. The number of nitrogens with zero attached hydrogens (tertiary/aromatic N) is 1. The second-order valence-corrected chi connectivity index (χ2v) is 6.51. The first-order valence-corrected chi connectivity index (χ1v) is 8.28. The second kappa shape index (κ2) is 7.63. The van der Waals surface area contributed by atoms with Gasteiger partial charge in [-0.25, -0.2) is 0 Å². The standard InChI is InChI=1S/C15H22BrClN2/c16-14-7-6-12(17)10-13(14)15(11-18)19-8-4-2-1-3-5-9-19/h6-7,10,15H,1-5,8-9,11,18H2. The van der Waals surface area contributed by atoms with Crippen molar-refractivity contribution in [1.29, 1.82) is 0 Å². The first-order chi connectivity index (χ1) is 9.22. The fraction of sp³-hybridized carbons (Fsp3) is 0.600. The van der Waals surface area contributed by atoms with E-state index in [4.69, 9.17) is 17.3 Å². The summed E-state index contributed by atoms with van der Waals surface area (Å²) in [5.41, 5.74) is 7.26. The quantitative estimate of drug-likeness (QED) is 0.881. The van der Waals surface area contributed by atoms with Gasteiger partial charge in [-0.1, -0.05) is 46.8 Å². The van der Waals surface area contributed by atoms with Crippen LogP contribution in [0.1, 0.15) is 43.7 Å². The smallest absolute Gasteiger partial charge is 0.0482 e. The van der Waals surface area contributed by atoms with Gasteiger partial charge in [-0.05, 0) is 49.7 Å². The van der Waals surface area contributed by atoms with Crippen molar-refractivity contribution in [2.24, 2.45) is 5.73 Å². The molecule has 1 aromatic carbocycles. The fourth-order valence-electron chi connectivity index (χ4n) is 2.83. The van der Waals surface area contributed by atoms with Crippen LogP contribution in [0.2, 0.25) is 5.02 Å². The molecule has 4 heteroatoms. The third kappa shape index (κ3) is 4.19. The summed E-state index contributed by atoms with van der Waals surface area (Å²) in [6.07, 6.45) is 6.60. The molecule has 1 atom stereocenters. The minimum atomic E-state index is 0.270. The van der Waals surface area contributed by atoms with E-state index in [0.717, 1.165) is 22.6 Å².